The number of hydrogen-bond acceptors (Lipinski definition) is 7. The summed E-state index contributed by atoms with van der Waals surface area (Å²) in [6.45, 7) is 0. The lowest BCUT2D eigenvalue weighted by Gasteiger charge is -2.08. The standard InChI is InChI=1S/C10H4BrCl2N7O2/c11-7-8(13)5(12)1-6(20(21)22)9(7)15-3-4(2-14)10-16-18-19-17-10/h1,3,15H,(H,16,17,18,19). The van der Waals surface area contributed by atoms with Crippen LogP contribution in [0.1, 0.15) is 5.82 Å². The lowest BCUT2D eigenvalue weighted by molar-refractivity contribution is -0.384. The number of rotatable bonds is 4. The number of benzene rings is 1. The van der Waals surface area contributed by atoms with Crippen molar-refractivity contribution in [2.75, 3.05) is 5.32 Å². The molecule has 112 valence electrons. The third-order valence-electron chi connectivity index (χ3n) is 2.41. The summed E-state index contributed by atoms with van der Waals surface area (Å²) in [5.41, 5.74) is -0.264. The monoisotopic (exact) mass is 403 g/mol. The smallest absolute Gasteiger partial charge is 0.295 e. The van der Waals surface area contributed by atoms with Crippen LogP contribution in [-0.4, -0.2) is 25.5 Å². The first-order valence-corrected chi connectivity index (χ1v) is 6.93. The zero-order valence-corrected chi connectivity index (χ0v) is 13.4. The Balaban J connectivity index is 2.47. The number of aromatic nitrogens is 4. The highest BCUT2D eigenvalue weighted by molar-refractivity contribution is 9.10. The molecule has 12 heteroatoms. The number of tetrazole rings is 1. The summed E-state index contributed by atoms with van der Waals surface area (Å²) in [4.78, 5) is 10.5. The molecule has 0 spiro atoms. The minimum Gasteiger partial charge on any atom is -0.354 e. The Morgan fingerprint density at radius 2 is 2.32 bits per heavy atom. The molecular weight excluding hydrogens is 401 g/mol. The second-order valence-corrected chi connectivity index (χ2v) is 5.27. The third-order valence-corrected chi connectivity index (χ3v) is 4.21. The molecule has 0 unspecified atom stereocenters. The van der Waals surface area contributed by atoms with Gasteiger partial charge in [-0.25, -0.2) is 0 Å². The predicted octanol–water partition coefficient (Wildman–Crippen LogP) is 3.15. The highest BCUT2D eigenvalue weighted by Crippen LogP contribution is 2.42. The van der Waals surface area contributed by atoms with Crippen molar-refractivity contribution in [2.45, 2.75) is 0 Å². The minimum atomic E-state index is -0.635. The Morgan fingerprint density at radius 3 is 2.86 bits per heavy atom. The van der Waals surface area contributed by atoms with Crippen LogP contribution in [0, 0.1) is 21.4 Å². The highest BCUT2D eigenvalue weighted by atomic mass is 79.9. The molecule has 0 aliphatic heterocycles. The summed E-state index contributed by atoms with van der Waals surface area (Å²) in [6, 6.07) is 2.94. The average molecular weight is 405 g/mol. The van der Waals surface area contributed by atoms with E-state index in [0.29, 0.717) is 0 Å². The van der Waals surface area contributed by atoms with Crippen molar-refractivity contribution in [1.82, 2.24) is 20.6 Å². The number of aromatic amines is 1. The lowest BCUT2D eigenvalue weighted by Crippen LogP contribution is -1.99. The number of nitro groups is 1. The Bertz CT molecular complexity index is 801. The van der Waals surface area contributed by atoms with Gasteiger partial charge in [-0.15, -0.1) is 10.2 Å². The van der Waals surface area contributed by atoms with Crippen LogP contribution in [0.25, 0.3) is 5.57 Å². The Kier molecular flexibility index (Phi) is 4.92. The van der Waals surface area contributed by atoms with Crippen molar-refractivity contribution in [3.8, 4) is 6.07 Å². The molecule has 1 aromatic carbocycles. The molecule has 0 fully saturated rings. The van der Waals surface area contributed by atoms with Crippen LogP contribution in [0.4, 0.5) is 11.4 Å². The number of anilines is 1. The van der Waals surface area contributed by atoms with Gasteiger partial charge < -0.3 is 5.32 Å². The largest absolute Gasteiger partial charge is 0.354 e. The molecule has 0 saturated carbocycles. The van der Waals surface area contributed by atoms with Crippen molar-refractivity contribution in [1.29, 1.82) is 5.26 Å². The van der Waals surface area contributed by atoms with Gasteiger partial charge in [-0.2, -0.15) is 10.5 Å². The highest BCUT2D eigenvalue weighted by Gasteiger charge is 2.22. The van der Waals surface area contributed by atoms with E-state index >= 15 is 0 Å². The van der Waals surface area contributed by atoms with Gasteiger partial charge in [-0.3, -0.25) is 10.1 Å². The number of hydrogen-bond donors (Lipinski definition) is 2. The molecule has 9 nitrogen and oxygen atoms in total. The molecule has 22 heavy (non-hydrogen) atoms. The summed E-state index contributed by atoms with van der Waals surface area (Å²) in [5.74, 6) is 0.0360. The Labute approximate surface area is 141 Å². The fourth-order valence-corrected chi connectivity index (χ4v) is 2.42. The molecule has 0 atom stereocenters. The van der Waals surface area contributed by atoms with Gasteiger partial charge in [0.1, 0.15) is 17.3 Å². The van der Waals surface area contributed by atoms with Gasteiger partial charge in [0.15, 0.2) is 0 Å². The van der Waals surface area contributed by atoms with Crippen LogP contribution in [0.15, 0.2) is 16.7 Å². The van der Waals surface area contributed by atoms with E-state index in [-0.39, 0.29) is 37.3 Å². The van der Waals surface area contributed by atoms with Gasteiger partial charge in [0.05, 0.1) is 19.4 Å². The summed E-state index contributed by atoms with van der Waals surface area (Å²) in [5, 5.41) is 35.7. The fraction of sp³-hybridized carbons (Fsp3) is 0. The normalized spacial score (nSPS) is 11.1. The van der Waals surface area contributed by atoms with E-state index in [0.717, 1.165) is 6.07 Å². The zero-order valence-electron chi connectivity index (χ0n) is 10.3. The molecule has 0 radical (unpaired) electrons. The number of allylic oxidation sites excluding steroid dienone is 1. The van der Waals surface area contributed by atoms with Crippen LogP contribution in [0.3, 0.4) is 0 Å². The maximum Gasteiger partial charge on any atom is 0.295 e. The molecule has 2 rings (SSSR count). The number of halogens is 3. The molecule has 0 saturated heterocycles. The lowest BCUT2D eigenvalue weighted by atomic mass is 10.2. The fourth-order valence-electron chi connectivity index (χ4n) is 1.43. The predicted molar refractivity (Wildman–Crippen MR) is 82.2 cm³/mol. The first kappa shape index (κ1) is 16.2. The van der Waals surface area contributed by atoms with Crippen molar-refractivity contribution in [3.05, 3.63) is 42.7 Å². The molecule has 1 heterocycles. The topological polar surface area (TPSA) is 133 Å². The average Bonchev–Trinajstić information content (AvgIpc) is 3.01. The Morgan fingerprint density at radius 1 is 1.59 bits per heavy atom. The number of nitrogens with zero attached hydrogens (tertiary/aromatic N) is 5. The number of nitriles is 1. The van der Waals surface area contributed by atoms with Gasteiger partial charge in [0, 0.05) is 12.3 Å². The molecule has 0 amide bonds. The molecule has 0 bridgehead atoms. The van der Waals surface area contributed by atoms with E-state index in [1.54, 1.807) is 0 Å². The molecule has 2 aromatic rings. The van der Waals surface area contributed by atoms with Gasteiger partial charge >= 0.3 is 0 Å². The molecule has 0 aliphatic rings. The summed E-state index contributed by atoms with van der Waals surface area (Å²) in [7, 11) is 0. The van der Waals surface area contributed by atoms with E-state index in [2.05, 4.69) is 41.9 Å². The van der Waals surface area contributed by atoms with Crippen LogP contribution in [0.5, 0.6) is 0 Å². The second-order valence-electron chi connectivity index (χ2n) is 3.69. The van der Waals surface area contributed by atoms with Crippen molar-refractivity contribution in [2.24, 2.45) is 0 Å². The molecule has 0 aliphatic carbocycles. The van der Waals surface area contributed by atoms with Gasteiger partial charge in [-0.1, -0.05) is 23.2 Å². The first-order valence-electron chi connectivity index (χ1n) is 5.38. The quantitative estimate of drug-likeness (QED) is 0.346. The minimum absolute atomic E-state index is 0.0148. The van der Waals surface area contributed by atoms with E-state index in [4.69, 9.17) is 28.5 Å². The SMILES string of the molecule is N#CC(=CNc1c([N+](=O)[O-])cc(Cl)c(Cl)c1Br)c1nn[nH]n1. The number of nitro benzene ring substituents is 1. The van der Waals surface area contributed by atoms with E-state index < -0.39 is 4.92 Å². The van der Waals surface area contributed by atoms with Crippen LogP contribution < -0.4 is 5.32 Å². The van der Waals surface area contributed by atoms with Crippen LogP contribution >= 0.6 is 39.1 Å². The van der Waals surface area contributed by atoms with Gasteiger partial charge in [-0.05, 0) is 21.1 Å². The zero-order chi connectivity index (χ0) is 16.3. The first-order chi connectivity index (χ1) is 10.5. The van der Waals surface area contributed by atoms with E-state index in [1.807, 2.05) is 6.07 Å². The van der Waals surface area contributed by atoms with Crippen molar-refractivity contribution in [3.63, 3.8) is 0 Å². The number of nitrogens with one attached hydrogen (secondary N) is 2. The van der Waals surface area contributed by atoms with Gasteiger partial charge in [0.2, 0.25) is 5.82 Å². The molecule has 2 N–H and O–H groups in total. The summed E-state index contributed by atoms with van der Waals surface area (Å²) >= 11 is 14.9. The van der Waals surface area contributed by atoms with Gasteiger partial charge in [0.25, 0.3) is 5.69 Å². The summed E-state index contributed by atoms with van der Waals surface area (Å²) < 4.78 is 0.190. The second kappa shape index (κ2) is 6.69. The Hall–Kier alpha value is -2.22. The maximum absolute atomic E-state index is 11.1. The van der Waals surface area contributed by atoms with Crippen molar-refractivity contribution < 1.29 is 4.92 Å². The number of H-pyrrole nitrogens is 1. The molecule has 1 aromatic heterocycles. The van der Waals surface area contributed by atoms with E-state index in [9.17, 15) is 10.1 Å². The van der Waals surface area contributed by atoms with E-state index in [1.165, 1.54) is 6.20 Å². The van der Waals surface area contributed by atoms with Crippen LogP contribution in [-0.2, 0) is 0 Å². The maximum atomic E-state index is 11.1. The van der Waals surface area contributed by atoms with Crippen LogP contribution in [0.2, 0.25) is 10.0 Å². The molecular formula is C10H4BrCl2N7O2. The summed E-state index contributed by atoms with van der Waals surface area (Å²) in [6.07, 6.45) is 1.20. The van der Waals surface area contributed by atoms with Crippen molar-refractivity contribution >= 4 is 56.1 Å². The third kappa shape index (κ3) is 3.16.